The molecule has 0 aliphatic rings. The predicted molar refractivity (Wildman–Crippen MR) is 60.3 cm³/mol. The summed E-state index contributed by atoms with van der Waals surface area (Å²) in [5.41, 5.74) is 2.20. The van der Waals surface area contributed by atoms with Crippen molar-refractivity contribution >= 4 is 11.6 Å². The molecule has 4 heteroatoms. The fourth-order valence-electron chi connectivity index (χ4n) is 1.57. The van der Waals surface area contributed by atoms with Crippen molar-refractivity contribution in [3.05, 3.63) is 41.9 Å². The van der Waals surface area contributed by atoms with Crippen molar-refractivity contribution in [2.75, 3.05) is 0 Å². The van der Waals surface area contributed by atoms with Crippen molar-refractivity contribution in [3.63, 3.8) is 0 Å². The van der Waals surface area contributed by atoms with Gasteiger partial charge in [0.05, 0.1) is 17.8 Å². The van der Waals surface area contributed by atoms with Gasteiger partial charge in [-0.25, -0.2) is 9.67 Å². The number of hydrogen-bond acceptors (Lipinski definition) is 2. The lowest BCUT2D eigenvalue weighted by Gasteiger charge is -2.05. The first-order valence-corrected chi connectivity index (χ1v) is 5.43. The summed E-state index contributed by atoms with van der Waals surface area (Å²) in [6.07, 6.45) is 4.47. The summed E-state index contributed by atoms with van der Waals surface area (Å²) in [6, 6.07) is 5.77. The highest BCUT2D eigenvalue weighted by Gasteiger charge is 2.09. The Balaban J connectivity index is 2.49. The first-order valence-electron chi connectivity index (χ1n) is 4.90. The van der Waals surface area contributed by atoms with E-state index in [-0.39, 0.29) is 0 Å². The molecule has 78 valence electrons. The Kier molecular flexibility index (Phi) is 3.02. The Labute approximate surface area is 93.7 Å². The van der Waals surface area contributed by atoms with Gasteiger partial charge >= 0.3 is 0 Å². The van der Waals surface area contributed by atoms with E-state index in [0.29, 0.717) is 5.88 Å². The molecule has 0 saturated carbocycles. The van der Waals surface area contributed by atoms with Crippen molar-refractivity contribution in [1.29, 1.82) is 0 Å². The largest absolute Gasteiger partial charge is 0.237 e. The molecule has 2 heterocycles. The zero-order chi connectivity index (χ0) is 10.7. The Morgan fingerprint density at radius 2 is 2.27 bits per heavy atom. The third-order valence-electron chi connectivity index (χ3n) is 2.30. The molecular formula is C11H12ClN3. The van der Waals surface area contributed by atoms with Gasteiger partial charge in [0.25, 0.3) is 0 Å². The number of aromatic nitrogens is 3. The summed E-state index contributed by atoms with van der Waals surface area (Å²) in [6.45, 7) is 2.09. The quantitative estimate of drug-likeness (QED) is 0.746. The average Bonchev–Trinajstić information content (AvgIpc) is 2.72. The van der Waals surface area contributed by atoms with Crippen LogP contribution in [-0.2, 0) is 12.3 Å². The molecule has 0 N–H and O–H groups in total. The van der Waals surface area contributed by atoms with Crippen molar-refractivity contribution < 1.29 is 0 Å². The molecule has 15 heavy (non-hydrogen) atoms. The second-order valence-electron chi connectivity index (χ2n) is 3.20. The molecule has 0 amide bonds. The van der Waals surface area contributed by atoms with Crippen LogP contribution in [0.1, 0.15) is 18.2 Å². The molecule has 0 atom stereocenters. The number of halogens is 1. The maximum atomic E-state index is 5.84. The first kappa shape index (κ1) is 10.2. The van der Waals surface area contributed by atoms with E-state index in [4.69, 9.17) is 11.6 Å². The minimum Gasteiger partial charge on any atom is -0.237 e. The molecule has 0 aliphatic carbocycles. The summed E-state index contributed by atoms with van der Waals surface area (Å²) < 4.78 is 1.84. The zero-order valence-corrected chi connectivity index (χ0v) is 9.28. The molecule has 0 bridgehead atoms. The summed E-state index contributed by atoms with van der Waals surface area (Å²) in [5, 5.41) is 4.30. The molecular weight excluding hydrogens is 210 g/mol. The summed E-state index contributed by atoms with van der Waals surface area (Å²) in [7, 11) is 0. The van der Waals surface area contributed by atoms with Crippen LogP contribution in [0.5, 0.6) is 0 Å². The summed E-state index contributed by atoms with van der Waals surface area (Å²) in [4.78, 5) is 4.26. The third kappa shape index (κ3) is 1.88. The Morgan fingerprint density at radius 1 is 1.40 bits per heavy atom. The van der Waals surface area contributed by atoms with E-state index in [1.165, 1.54) is 0 Å². The molecule has 0 aromatic carbocycles. The molecule has 2 rings (SSSR count). The number of hydrogen-bond donors (Lipinski definition) is 0. The minimum atomic E-state index is 0.496. The maximum Gasteiger partial charge on any atom is 0.153 e. The van der Waals surface area contributed by atoms with Crippen LogP contribution in [0.25, 0.3) is 5.82 Å². The minimum absolute atomic E-state index is 0.496. The lowest BCUT2D eigenvalue weighted by atomic mass is 10.2. The average molecular weight is 222 g/mol. The van der Waals surface area contributed by atoms with Crippen LogP contribution in [0.3, 0.4) is 0 Å². The van der Waals surface area contributed by atoms with Crippen molar-refractivity contribution in [1.82, 2.24) is 14.8 Å². The monoisotopic (exact) mass is 221 g/mol. The molecule has 0 saturated heterocycles. The van der Waals surface area contributed by atoms with Crippen LogP contribution in [0, 0.1) is 0 Å². The second-order valence-corrected chi connectivity index (χ2v) is 3.47. The molecule has 0 radical (unpaired) electrons. The lowest BCUT2D eigenvalue weighted by Crippen LogP contribution is -2.03. The van der Waals surface area contributed by atoms with Crippen molar-refractivity contribution in [3.8, 4) is 5.82 Å². The summed E-state index contributed by atoms with van der Waals surface area (Å²) >= 11 is 5.84. The van der Waals surface area contributed by atoms with E-state index in [1.807, 2.05) is 22.9 Å². The fourth-order valence-corrected chi connectivity index (χ4v) is 1.80. The van der Waals surface area contributed by atoms with Gasteiger partial charge in [0.2, 0.25) is 0 Å². The van der Waals surface area contributed by atoms with Crippen LogP contribution < -0.4 is 0 Å². The molecule has 2 aromatic heterocycles. The van der Waals surface area contributed by atoms with Gasteiger partial charge in [-0.05, 0) is 18.6 Å². The molecule has 0 fully saturated rings. The van der Waals surface area contributed by atoms with Crippen molar-refractivity contribution in [2.24, 2.45) is 0 Å². The summed E-state index contributed by atoms with van der Waals surface area (Å²) in [5.74, 6) is 1.33. The molecule has 0 unspecified atom stereocenters. The van der Waals surface area contributed by atoms with Crippen LogP contribution in [0.4, 0.5) is 0 Å². The molecule has 0 spiro atoms. The van der Waals surface area contributed by atoms with E-state index < -0.39 is 0 Å². The van der Waals surface area contributed by atoms with E-state index in [1.54, 1.807) is 12.4 Å². The van der Waals surface area contributed by atoms with Gasteiger partial charge in [-0.3, -0.25) is 0 Å². The second kappa shape index (κ2) is 4.45. The number of alkyl halides is 1. The predicted octanol–water partition coefficient (Wildman–Crippen LogP) is 2.57. The van der Waals surface area contributed by atoms with Crippen LogP contribution in [0.15, 0.2) is 30.6 Å². The van der Waals surface area contributed by atoms with Crippen LogP contribution in [0.2, 0.25) is 0 Å². The highest BCUT2D eigenvalue weighted by molar-refractivity contribution is 6.17. The van der Waals surface area contributed by atoms with Crippen molar-refractivity contribution in [2.45, 2.75) is 19.2 Å². The SMILES string of the molecule is CCc1c(CCl)cnn1-c1ccccn1. The third-order valence-corrected chi connectivity index (χ3v) is 2.59. The van der Waals surface area contributed by atoms with Gasteiger partial charge in [-0.15, -0.1) is 11.6 Å². The molecule has 2 aromatic rings. The van der Waals surface area contributed by atoms with Gasteiger partial charge in [0, 0.05) is 11.8 Å². The standard InChI is InChI=1S/C11H12ClN3/c1-2-10-9(7-12)8-14-15(10)11-5-3-4-6-13-11/h3-6,8H,2,7H2,1H3. The highest BCUT2D eigenvalue weighted by atomic mass is 35.5. The van der Waals surface area contributed by atoms with Gasteiger partial charge in [0.15, 0.2) is 5.82 Å². The topological polar surface area (TPSA) is 30.7 Å². The normalized spacial score (nSPS) is 10.5. The number of rotatable bonds is 3. The van der Waals surface area contributed by atoms with Gasteiger partial charge in [-0.2, -0.15) is 5.10 Å². The molecule has 3 nitrogen and oxygen atoms in total. The lowest BCUT2D eigenvalue weighted by molar-refractivity contribution is 0.787. The van der Waals surface area contributed by atoms with Gasteiger partial charge in [0.1, 0.15) is 0 Å². The fraction of sp³-hybridized carbons (Fsp3) is 0.273. The Hall–Kier alpha value is -1.35. The van der Waals surface area contributed by atoms with E-state index in [9.17, 15) is 0 Å². The van der Waals surface area contributed by atoms with E-state index >= 15 is 0 Å². The Morgan fingerprint density at radius 3 is 2.87 bits per heavy atom. The van der Waals surface area contributed by atoms with Crippen LogP contribution in [-0.4, -0.2) is 14.8 Å². The van der Waals surface area contributed by atoms with E-state index in [0.717, 1.165) is 23.5 Å². The maximum absolute atomic E-state index is 5.84. The van der Waals surface area contributed by atoms with Crippen LogP contribution >= 0.6 is 11.6 Å². The Bertz CT molecular complexity index is 436. The first-order chi connectivity index (χ1) is 7.36. The van der Waals surface area contributed by atoms with Gasteiger partial charge < -0.3 is 0 Å². The molecule has 0 aliphatic heterocycles. The number of pyridine rings is 1. The zero-order valence-electron chi connectivity index (χ0n) is 8.52. The smallest absolute Gasteiger partial charge is 0.153 e. The highest BCUT2D eigenvalue weighted by Crippen LogP contribution is 2.15. The number of nitrogens with zero attached hydrogens (tertiary/aromatic N) is 3. The van der Waals surface area contributed by atoms with E-state index in [2.05, 4.69) is 17.0 Å². The van der Waals surface area contributed by atoms with Gasteiger partial charge in [-0.1, -0.05) is 13.0 Å².